The molecule has 1 N–H and O–H groups in total. The molecule has 0 amide bonds. The highest BCUT2D eigenvalue weighted by Crippen LogP contribution is 2.22. The monoisotopic (exact) mass is 204 g/mol. The maximum absolute atomic E-state index is 13.1. The van der Waals surface area contributed by atoms with Crippen molar-refractivity contribution in [1.29, 1.82) is 5.26 Å². The van der Waals surface area contributed by atoms with Gasteiger partial charge in [0.1, 0.15) is 17.4 Å². The number of H-pyrrole nitrogens is 1. The lowest BCUT2D eigenvalue weighted by atomic mass is 10.1. The average molecular weight is 204 g/mol. The van der Waals surface area contributed by atoms with Crippen LogP contribution in [0.1, 0.15) is 25.0 Å². The molecule has 0 unspecified atom stereocenters. The molecule has 0 saturated heterocycles. The molecule has 0 atom stereocenters. The van der Waals surface area contributed by atoms with Crippen LogP contribution < -0.4 is 0 Å². The molecule has 0 aliphatic carbocycles. The van der Waals surface area contributed by atoms with Gasteiger partial charge in [0.05, 0.1) is 5.52 Å². The van der Waals surface area contributed by atoms with Gasteiger partial charge in [-0.1, -0.05) is 13.8 Å². The molecular formula is C12H13FN2. The highest BCUT2D eigenvalue weighted by Gasteiger charge is 2.08. The Bertz CT molecular complexity index is 506. The topological polar surface area (TPSA) is 39.6 Å². The summed E-state index contributed by atoms with van der Waals surface area (Å²) in [6.07, 6.45) is 1.77. The molecule has 0 aliphatic rings. The SMILES string of the molecule is CC.Cc1c[nH]c2c(C#N)c(F)ccc12. The Balaban J connectivity index is 0.000000531. The van der Waals surface area contributed by atoms with Crippen molar-refractivity contribution >= 4 is 10.9 Å². The van der Waals surface area contributed by atoms with Crippen molar-refractivity contribution in [3.8, 4) is 6.07 Å². The molecule has 1 aromatic heterocycles. The fourth-order valence-electron chi connectivity index (χ4n) is 1.42. The van der Waals surface area contributed by atoms with Crippen LogP contribution in [0.25, 0.3) is 10.9 Å². The van der Waals surface area contributed by atoms with Crippen molar-refractivity contribution in [3.05, 3.63) is 35.3 Å². The first kappa shape index (κ1) is 11.3. The van der Waals surface area contributed by atoms with Crippen molar-refractivity contribution in [3.63, 3.8) is 0 Å². The number of aromatic nitrogens is 1. The average Bonchev–Trinajstić information content (AvgIpc) is 2.63. The van der Waals surface area contributed by atoms with E-state index in [1.54, 1.807) is 12.3 Å². The third kappa shape index (κ3) is 1.84. The summed E-state index contributed by atoms with van der Waals surface area (Å²) in [5.74, 6) is -0.475. The third-order valence-corrected chi connectivity index (χ3v) is 2.12. The Labute approximate surface area is 88.3 Å². The van der Waals surface area contributed by atoms with Crippen molar-refractivity contribution in [2.45, 2.75) is 20.8 Å². The lowest BCUT2D eigenvalue weighted by Crippen LogP contribution is -1.84. The number of aryl methyl sites for hydroxylation is 1. The van der Waals surface area contributed by atoms with Gasteiger partial charge in [0, 0.05) is 11.6 Å². The van der Waals surface area contributed by atoms with Gasteiger partial charge >= 0.3 is 0 Å². The van der Waals surface area contributed by atoms with Crippen LogP contribution in [0.15, 0.2) is 18.3 Å². The zero-order valence-electron chi connectivity index (χ0n) is 9.06. The summed E-state index contributed by atoms with van der Waals surface area (Å²) in [6.45, 7) is 5.91. The van der Waals surface area contributed by atoms with Gasteiger partial charge in [-0.2, -0.15) is 5.26 Å². The molecule has 0 saturated carbocycles. The molecule has 78 valence electrons. The van der Waals surface area contributed by atoms with E-state index in [1.165, 1.54) is 6.07 Å². The van der Waals surface area contributed by atoms with E-state index in [4.69, 9.17) is 5.26 Å². The van der Waals surface area contributed by atoms with E-state index < -0.39 is 5.82 Å². The zero-order chi connectivity index (χ0) is 11.4. The van der Waals surface area contributed by atoms with Gasteiger partial charge < -0.3 is 4.98 Å². The van der Waals surface area contributed by atoms with Crippen molar-refractivity contribution in [2.24, 2.45) is 0 Å². The van der Waals surface area contributed by atoms with Crippen LogP contribution in [0, 0.1) is 24.1 Å². The first-order chi connectivity index (χ1) is 7.24. The normalized spacial score (nSPS) is 9.27. The predicted molar refractivity (Wildman–Crippen MR) is 59.1 cm³/mol. The lowest BCUT2D eigenvalue weighted by molar-refractivity contribution is 0.626. The molecule has 0 aliphatic heterocycles. The Morgan fingerprint density at radius 2 is 2.00 bits per heavy atom. The maximum Gasteiger partial charge on any atom is 0.143 e. The standard InChI is InChI=1S/C10H7FN2.C2H6/c1-6-5-13-10-7(6)2-3-9(11)8(10)4-12;1-2/h2-3,5,13H,1H3;1-2H3. The van der Waals surface area contributed by atoms with E-state index in [2.05, 4.69) is 4.98 Å². The fourth-order valence-corrected chi connectivity index (χ4v) is 1.42. The lowest BCUT2D eigenvalue weighted by Gasteiger charge is -1.95. The second kappa shape index (κ2) is 4.61. The van der Waals surface area contributed by atoms with E-state index in [0.717, 1.165) is 10.9 Å². The molecule has 1 heterocycles. The molecule has 0 bridgehead atoms. The number of hydrogen-bond acceptors (Lipinski definition) is 1. The van der Waals surface area contributed by atoms with Crippen LogP contribution in [0.4, 0.5) is 4.39 Å². The number of aromatic amines is 1. The van der Waals surface area contributed by atoms with E-state index in [-0.39, 0.29) is 5.56 Å². The van der Waals surface area contributed by atoms with Gasteiger partial charge in [0.15, 0.2) is 0 Å². The van der Waals surface area contributed by atoms with Gasteiger partial charge in [0.25, 0.3) is 0 Å². The molecule has 0 fully saturated rings. The number of fused-ring (bicyclic) bond motifs is 1. The number of nitrogens with one attached hydrogen (secondary N) is 1. The van der Waals surface area contributed by atoms with Gasteiger partial charge in [-0.3, -0.25) is 0 Å². The number of benzene rings is 1. The summed E-state index contributed by atoms with van der Waals surface area (Å²) in [7, 11) is 0. The highest BCUT2D eigenvalue weighted by molar-refractivity contribution is 5.87. The second-order valence-corrected chi connectivity index (χ2v) is 2.93. The van der Waals surface area contributed by atoms with Gasteiger partial charge in [-0.05, 0) is 24.6 Å². The quantitative estimate of drug-likeness (QED) is 0.700. The van der Waals surface area contributed by atoms with Crippen LogP contribution in [0.5, 0.6) is 0 Å². The van der Waals surface area contributed by atoms with Crippen molar-refractivity contribution < 1.29 is 4.39 Å². The van der Waals surface area contributed by atoms with E-state index in [0.29, 0.717) is 5.52 Å². The van der Waals surface area contributed by atoms with Crippen molar-refractivity contribution in [2.75, 3.05) is 0 Å². The Morgan fingerprint density at radius 1 is 1.33 bits per heavy atom. The molecule has 15 heavy (non-hydrogen) atoms. The summed E-state index contributed by atoms with van der Waals surface area (Å²) in [4.78, 5) is 2.89. The minimum Gasteiger partial charge on any atom is -0.360 e. The largest absolute Gasteiger partial charge is 0.360 e. The summed E-state index contributed by atoms with van der Waals surface area (Å²) >= 11 is 0. The second-order valence-electron chi connectivity index (χ2n) is 2.93. The zero-order valence-corrected chi connectivity index (χ0v) is 9.06. The number of hydrogen-bond donors (Lipinski definition) is 1. The molecule has 2 aromatic rings. The fraction of sp³-hybridized carbons (Fsp3) is 0.250. The first-order valence-electron chi connectivity index (χ1n) is 4.90. The molecule has 2 rings (SSSR count). The molecular weight excluding hydrogens is 191 g/mol. The predicted octanol–water partition coefficient (Wildman–Crippen LogP) is 3.51. The molecule has 0 radical (unpaired) electrons. The van der Waals surface area contributed by atoms with Crippen LogP contribution >= 0.6 is 0 Å². The van der Waals surface area contributed by atoms with Gasteiger partial charge in [-0.15, -0.1) is 0 Å². The molecule has 3 heteroatoms. The van der Waals surface area contributed by atoms with Gasteiger partial charge in [-0.25, -0.2) is 4.39 Å². The number of nitrogens with zero attached hydrogens (tertiary/aromatic N) is 1. The Kier molecular flexibility index (Phi) is 3.46. The third-order valence-electron chi connectivity index (χ3n) is 2.12. The van der Waals surface area contributed by atoms with Crippen molar-refractivity contribution in [1.82, 2.24) is 4.98 Å². The minimum absolute atomic E-state index is 0.0885. The molecule has 1 aromatic carbocycles. The van der Waals surface area contributed by atoms with Crippen LogP contribution in [0.2, 0.25) is 0 Å². The summed E-state index contributed by atoms with van der Waals surface area (Å²) in [6, 6.07) is 4.84. The Morgan fingerprint density at radius 3 is 2.60 bits per heavy atom. The van der Waals surface area contributed by atoms with Gasteiger partial charge in [0.2, 0.25) is 0 Å². The van der Waals surface area contributed by atoms with E-state index >= 15 is 0 Å². The van der Waals surface area contributed by atoms with Crippen LogP contribution in [-0.2, 0) is 0 Å². The molecule has 0 spiro atoms. The highest BCUT2D eigenvalue weighted by atomic mass is 19.1. The number of halogens is 1. The van der Waals surface area contributed by atoms with E-state index in [1.807, 2.05) is 26.8 Å². The number of rotatable bonds is 0. The van der Waals surface area contributed by atoms with Crippen LogP contribution in [0.3, 0.4) is 0 Å². The summed E-state index contributed by atoms with van der Waals surface area (Å²) < 4.78 is 13.1. The summed E-state index contributed by atoms with van der Waals surface area (Å²) in [5, 5.41) is 9.62. The maximum atomic E-state index is 13.1. The number of nitriles is 1. The molecule has 2 nitrogen and oxygen atoms in total. The first-order valence-corrected chi connectivity index (χ1v) is 4.90. The minimum atomic E-state index is -0.475. The Hall–Kier alpha value is -1.82. The smallest absolute Gasteiger partial charge is 0.143 e. The van der Waals surface area contributed by atoms with E-state index in [9.17, 15) is 4.39 Å². The summed E-state index contributed by atoms with van der Waals surface area (Å²) in [5.41, 5.74) is 1.69. The van der Waals surface area contributed by atoms with Crippen LogP contribution in [-0.4, -0.2) is 4.98 Å².